The Bertz CT molecular complexity index is 555. The van der Waals surface area contributed by atoms with Crippen molar-refractivity contribution in [3.63, 3.8) is 0 Å². The summed E-state index contributed by atoms with van der Waals surface area (Å²) in [6.45, 7) is 2.54. The monoisotopic (exact) mass is 256 g/mol. The molecule has 1 atom stereocenters. The standard InChI is InChI=1S/C15H16N2O2/c1-11(12-6-4-8-16-9-12)17-10-13-5-2-3-7-14(13)15(18)19/h2-9,11,17H,10H2,1H3,(H,18,19)/t11-/m0/s1. The highest BCUT2D eigenvalue weighted by molar-refractivity contribution is 5.89. The van der Waals surface area contributed by atoms with Crippen LogP contribution >= 0.6 is 0 Å². The van der Waals surface area contributed by atoms with E-state index in [-0.39, 0.29) is 6.04 Å². The number of carbonyl (C=O) groups is 1. The molecule has 0 bridgehead atoms. The van der Waals surface area contributed by atoms with Crippen molar-refractivity contribution in [2.45, 2.75) is 19.5 Å². The van der Waals surface area contributed by atoms with E-state index in [4.69, 9.17) is 5.11 Å². The Morgan fingerprint density at radius 2 is 2.11 bits per heavy atom. The predicted octanol–water partition coefficient (Wildman–Crippen LogP) is 2.63. The molecule has 2 N–H and O–H groups in total. The Balaban J connectivity index is 2.05. The normalized spacial score (nSPS) is 12.1. The topological polar surface area (TPSA) is 62.2 Å². The van der Waals surface area contributed by atoms with Gasteiger partial charge in [-0.15, -0.1) is 0 Å². The summed E-state index contributed by atoms with van der Waals surface area (Å²) in [6.07, 6.45) is 3.54. The molecule has 0 amide bonds. The van der Waals surface area contributed by atoms with Gasteiger partial charge in [0.15, 0.2) is 0 Å². The zero-order valence-electron chi connectivity index (χ0n) is 10.7. The van der Waals surface area contributed by atoms with Crippen LogP contribution < -0.4 is 5.32 Å². The first kappa shape index (κ1) is 13.2. The lowest BCUT2D eigenvalue weighted by atomic mass is 10.1. The maximum absolute atomic E-state index is 11.1. The Morgan fingerprint density at radius 1 is 1.32 bits per heavy atom. The van der Waals surface area contributed by atoms with Gasteiger partial charge in [0.25, 0.3) is 0 Å². The Hall–Kier alpha value is -2.20. The zero-order chi connectivity index (χ0) is 13.7. The quantitative estimate of drug-likeness (QED) is 0.863. The molecule has 2 rings (SSSR count). The first-order chi connectivity index (χ1) is 9.18. The fraction of sp³-hybridized carbons (Fsp3) is 0.200. The minimum absolute atomic E-state index is 0.121. The maximum atomic E-state index is 11.1. The Morgan fingerprint density at radius 3 is 2.79 bits per heavy atom. The van der Waals surface area contributed by atoms with Gasteiger partial charge in [-0.05, 0) is 30.2 Å². The van der Waals surface area contributed by atoms with Gasteiger partial charge in [-0.2, -0.15) is 0 Å². The summed E-state index contributed by atoms with van der Waals surface area (Å²) in [6, 6.07) is 11.0. The predicted molar refractivity (Wildman–Crippen MR) is 72.9 cm³/mol. The summed E-state index contributed by atoms with van der Waals surface area (Å²) in [5.41, 5.74) is 2.20. The zero-order valence-corrected chi connectivity index (χ0v) is 10.7. The number of hydrogen-bond acceptors (Lipinski definition) is 3. The maximum Gasteiger partial charge on any atom is 0.336 e. The number of carboxylic acids is 1. The number of aromatic carboxylic acids is 1. The third kappa shape index (κ3) is 3.39. The van der Waals surface area contributed by atoms with Gasteiger partial charge in [0.2, 0.25) is 0 Å². The molecule has 0 aliphatic heterocycles. The molecule has 0 spiro atoms. The number of nitrogens with one attached hydrogen (secondary N) is 1. The van der Waals surface area contributed by atoms with E-state index < -0.39 is 5.97 Å². The summed E-state index contributed by atoms with van der Waals surface area (Å²) < 4.78 is 0. The molecule has 0 saturated heterocycles. The molecule has 0 fully saturated rings. The second kappa shape index (κ2) is 6.11. The number of hydrogen-bond donors (Lipinski definition) is 2. The van der Waals surface area contributed by atoms with Gasteiger partial charge in [0, 0.05) is 25.0 Å². The molecule has 1 aromatic carbocycles. The van der Waals surface area contributed by atoms with E-state index in [9.17, 15) is 4.79 Å². The minimum Gasteiger partial charge on any atom is -0.478 e. The van der Waals surface area contributed by atoms with Crippen molar-refractivity contribution >= 4 is 5.97 Å². The molecule has 2 aromatic rings. The minimum atomic E-state index is -0.897. The van der Waals surface area contributed by atoms with Crippen molar-refractivity contribution in [1.29, 1.82) is 0 Å². The van der Waals surface area contributed by atoms with E-state index >= 15 is 0 Å². The van der Waals surface area contributed by atoms with Gasteiger partial charge >= 0.3 is 5.97 Å². The Labute approximate surface area is 112 Å². The molecule has 1 heterocycles. The van der Waals surface area contributed by atoms with Crippen LogP contribution in [-0.4, -0.2) is 16.1 Å². The van der Waals surface area contributed by atoms with Gasteiger partial charge in [-0.1, -0.05) is 24.3 Å². The van der Waals surface area contributed by atoms with Crippen LogP contribution in [0.2, 0.25) is 0 Å². The van der Waals surface area contributed by atoms with E-state index in [1.165, 1.54) is 0 Å². The molecule has 0 aliphatic carbocycles. The van der Waals surface area contributed by atoms with Gasteiger partial charge < -0.3 is 10.4 Å². The van der Waals surface area contributed by atoms with Crippen LogP contribution in [0.25, 0.3) is 0 Å². The summed E-state index contributed by atoms with van der Waals surface area (Å²) >= 11 is 0. The third-order valence-electron chi connectivity index (χ3n) is 3.03. The summed E-state index contributed by atoms with van der Waals surface area (Å²) in [4.78, 5) is 15.2. The second-order valence-corrected chi connectivity index (χ2v) is 4.35. The molecule has 0 aliphatic rings. The van der Waals surface area contributed by atoms with Crippen LogP contribution in [-0.2, 0) is 6.54 Å². The average molecular weight is 256 g/mol. The lowest BCUT2D eigenvalue weighted by Crippen LogP contribution is -2.19. The highest BCUT2D eigenvalue weighted by Crippen LogP contribution is 2.13. The van der Waals surface area contributed by atoms with Crippen LogP contribution in [0.3, 0.4) is 0 Å². The first-order valence-electron chi connectivity index (χ1n) is 6.13. The molecule has 98 valence electrons. The van der Waals surface area contributed by atoms with E-state index in [2.05, 4.69) is 10.3 Å². The molecular formula is C15H16N2O2. The number of rotatable bonds is 5. The number of pyridine rings is 1. The highest BCUT2D eigenvalue weighted by Gasteiger charge is 2.10. The van der Waals surface area contributed by atoms with Crippen molar-refractivity contribution in [1.82, 2.24) is 10.3 Å². The van der Waals surface area contributed by atoms with E-state index in [1.807, 2.05) is 31.2 Å². The number of benzene rings is 1. The fourth-order valence-electron chi connectivity index (χ4n) is 1.90. The van der Waals surface area contributed by atoms with Gasteiger partial charge in [-0.3, -0.25) is 4.98 Å². The highest BCUT2D eigenvalue weighted by atomic mass is 16.4. The van der Waals surface area contributed by atoms with Crippen LogP contribution in [0.15, 0.2) is 48.8 Å². The van der Waals surface area contributed by atoms with Crippen molar-refractivity contribution in [2.75, 3.05) is 0 Å². The van der Waals surface area contributed by atoms with Crippen molar-refractivity contribution < 1.29 is 9.90 Å². The SMILES string of the molecule is C[C@H](NCc1ccccc1C(=O)O)c1cccnc1. The number of carboxylic acid groups (broad SMARTS) is 1. The number of aromatic nitrogens is 1. The van der Waals surface area contributed by atoms with Crippen molar-refractivity contribution in [3.05, 3.63) is 65.5 Å². The molecule has 4 heteroatoms. The van der Waals surface area contributed by atoms with Gasteiger partial charge in [0.1, 0.15) is 0 Å². The summed E-state index contributed by atoms with van der Waals surface area (Å²) in [7, 11) is 0. The van der Waals surface area contributed by atoms with Crippen LogP contribution in [0, 0.1) is 0 Å². The van der Waals surface area contributed by atoms with Gasteiger partial charge in [-0.25, -0.2) is 4.79 Å². The van der Waals surface area contributed by atoms with Crippen LogP contribution in [0.1, 0.15) is 34.5 Å². The average Bonchev–Trinajstić information content (AvgIpc) is 2.46. The molecular weight excluding hydrogens is 240 g/mol. The van der Waals surface area contributed by atoms with E-state index in [1.54, 1.807) is 24.5 Å². The van der Waals surface area contributed by atoms with Gasteiger partial charge in [0.05, 0.1) is 5.56 Å². The van der Waals surface area contributed by atoms with E-state index in [0.717, 1.165) is 11.1 Å². The smallest absolute Gasteiger partial charge is 0.336 e. The third-order valence-corrected chi connectivity index (χ3v) is 3.03. The fourth-order valence-corrected chi connectivity index (χ4v) is 1.90. The Kier molecular flexibility index (Phi) is 4.26. The van der Waals surface area contributed by atoms with Crippen LogP contribution in [0.4, 0.5) is 0 Å². The molecule has 1 aromatic heterocycles. The molecule has 0 saturated carbocycles. The van der Waals surface area contributed by atoms with E-state index in [0.29, 0.717) is 12.1 Å². The first-order valence-corrected chi connectivity index (χ1v) is 6.13. The lowest BCUT2D eigenvalue weighted by Gasteiger charge is -2.14. The molecule has 19 heavy (non-hydrogen) atoms. The molecule has 0 radical (unpaired) electrons. The molecule has 4 nitrogen and oxygen atoms in total. The summed E-state index contributed by atoms with van der Waals surface area (Å²) in [5.74, 6) is -0.897. The number of nitrogens with zero attached hydrogens (tertiary/aromatic N) is 1. The van der Waals surface area contributed by atoms with Crippen LogP contribution in [0.5, 0.6) is 0 Å². The molecule has 0 unspecified atom stereocenters. The second-order valence-electron chi connectivity index (χ2n) is 4.35. The van der Waals surface area contributed by atoms with Crippen molar-refractivity contribution in [2.24, 2.45) is 0 Å². The summed E-state index contributed by atoms with van der Waals surface area (Å²) in [5, 5.41) is 12.4. The largest absolute Gasteiger partial charge is 0.478 e. The lowest BCUT2D eigenvalue weighted by molar-refractivity contribution is 0.0695. The van der Waals surface area contributed by atoms with Crippen molar-refractivity contribution in [3.8, 4) is 0 Å².